The molecular weight excluding hydrogens is 1010 g/mol. The van der Waals surface area contributed by atoms with E-state index >= 15 is 0 Å². The predicted octanol–water partition coefficient (Wildman–Crippen LogP) is 19.3. The normalized spacial score (nSPS) is 25.0. The quantitative estimate of drug-likeness (QED) is 0.154. The van der Waals surface area contributed by atoms with Gasteiger partial charge in [-0.25, -0.2) is 0 Å². The zero-order valence-corrected chi connectivity index (χ0v) is 43.5. The average molecular weight is 1030 g/mol. The molecule has 36 rings (SSSR count). The van der Waals surface area contributed by atoms with Crippen LogP contribution >= 0.6 is 0 Å². The van der Waals surface area contributed by atoms with Crippen molar-refractivity contribution in [2.45, 2.75) is 21.7 Å². The Balaban J connectivity index is 1.10. The Morgan fingerprint density at radius 3 is 0.524 bits per heavy atom. The third kappa shape index (κ3) is 1.93. The molecule has 0 spiro atoms. The van der Waals surface area contributed by atoms with E-state index in [1.165, 1.54) is 22.3 Å². The molecule has 10 aliphatic carbocycles. The lowest BCUT2D eigenvalue weighted by atomic mass is 9.44. The van der Waals surface area contributed by atoms with Crippen LogP contribution in [0, 0.1) is 0 Å². The highest BCUT2D eigenvalue weighted by Gasteiger charge is 2.77. The zero-order chi connectivity index (χ0) is 50.8. The van der Waals surface area contributed by atoms with Crippen LogP contribution in [0.3, 0.4) is 0 Å². The minimum absolute atomic E-state index is 0.573. The first-order chi connectivity index (χ1) is 41.9. The molecule has 0 saturated heterocycles. The molecule has 356 valence electrons. The van der Waals surface area contributed by atoms with Crippen LogP contribution in [0.5, 0.6) is 0 Å². The van der Waals surface area contributed by atoms with Crippen molar-refractivity contribution < 1.29 is 0 Å². The summed E-state index contributed by atoms with van der Waals surface area (Å²) < 4.78 is 0. The molecule has 26 aromatic carbocycles. The number of allylic oxidation sites excluding steroid dienone is 4. The summed E-state index contributed by atoms with van der Waals surface area (Å²) >= 11 is 0. The molecule has 10 aliphatic rings. The number of hydrogen-bond acceptors (Lipinski definition) is 0. The molecule has 4 unspecified atom stereocenters. The van der Waals surface area contributed by atoms with Gasteiger partial charge in [-0.15, -0.1) is 0 Å². The largest absolute Gasteiger partial charge is 0.0733 e. The van der Waals surface area contributed by atoms with Crippen LogP contribution in [0.25, 0.3) is 232 Å². The topological polar surface area (TPSA) is 0 Å². The summed E-state index contributed by atoms with van der Waals surface area (Å²) in [6.07, 6.45) is 0. The van der Waals surface area contributed by atoms with E-state index in [2.05, 4.69) is 121 Å². The molecule has 0 heterocycles. The van der Waals surface area contributed by atoms with Gasteiger partial charge in [0.2, 0.25) is 0 Å². The lowest BCUT2D eigenvalue weighted by Crippen LogP contribution is -2.51. The van der Waals surface area contributed by atoms with E-state index in [1.807, 2.05) is 0 Å². The number of rotatable bonds is 4. The van der Waals surface area contributed by atoms with Gasteiger partial charge in [0, 0.05) is 0 Å². The van der Waals surface area contributed by atoms with Crippen molar-refractivity contribution in [2.75, 3.05) is 0 Å². The Kier molecular flexibility index (Phi) is 3.25. The minimum Gasteiger partial charge on any atom is -0.0622 e. The van der Waals surface area contributed by atoms with Crippen molar-refractivity contribution in [3.63, 3.8) is 0 Å². The van der Waals surface area contributed by atoms with Crippen LogP contribution in [0.15, 0.2) is 144 Å². The summed E-state index contributed by atoms with van der Waals surface area (Å²) in [7, 11) is 0. The highest BCUT2D eigenvalue weighted by molar-refractivity contribution is 6.78. The molecule has 0 saturated carbocycles. The van der Waals surface area contributed by atoms with E-state index < -0.39 is 21.7 Å². The van der Waals surface area contributed by atoms with Gasteiger partial charge in [-0.05, 0) is 326 Å². The van der Waals surface area contributed by atoms with E-state index in [0.29, 0.717) is 0 Å². The smallest absolute Gasteiger partial charge is 0.0622 e. The van der Waals surface area contributed by atoms with E-state index in [1.54, 1.807) is 304 Å². The van der Waals surface area contributed by atoms with Crippen LogP contribution in [-0.4, -0.2) is 0 Å². The van der Waals surface area contributed by atoms with Gasteiger partial charge in [0.25, 0.3) is 0 Å². The first-order valence-electron chi connectivity index (χ1n) is 31.1. The second kappa shape index (κ2) is 8.16. The number of hydrogen-bond donors (Lipinski definition) is 0. The molecule has 4 atom stereocenters. The second-order valence-electron chi connectivity index (χ2n) is 29.5. The lowest BCUT2D eigenvalue weighted by molar-refractivity contribution is 0.565. The van der Waals surface area contributed by atoms with E-state index in [-0.39, 0.29) is 0 Å². The molecule has 0 amide bonds. The maximum absolute atomic E-state index is 2.63. The van der Waals surface area contributed by atoms with E-state index in [0.717, 1.165) is 0 Å². The van der Waals surface area contributed by atoms with Crippen molar-refractivity contribution in [1.29, 1.82) is 0 Å². The van der Waals surface area contributed by atoms with Crippen LogP contribution in [0.4, 0.5) is 0 Å². The van der Waals surface area contributed by atoms with Crippen LogP contribution in [0.1, 0.15) is 66.8 Å². The summed E-state index contributed by atoms with van der Waals surface area (Å²) in [6, 6.07) is 49.7. The standard InChI is InChI=1S/C84H20/c1-5-13-21(14-6-1)81-69-58-49-45-32-30-25-26-28-29-27(25)34-39-37(30)47(45)60(69)62-51(39)53-41(34)43-36(29)44-42-35(28)40-38-31(26)33(32)46-48(38)61-63-52(40)54(42)65-67-56(44)55(43)66-64(53)73(71(62)81)83(23-17-9-3-10-18-23)75(66)76(67)84(24-19-11-4-12-20-24)74(65)72(63)82(22-15-7-2-8-16-22)70(61)59(50(46)49)57(58)68-77(81)79(83)80(84)78(68)82/h1-20H. The van der Waals surface area contributed by atoms with Crippen molar-refractivity contribution in [3.8, 4) is 0 Å². The van der Waals surface area contributed by atoms with Crippen LogP contribution < -0.4 is 5.22 Å². The molecule has 0 N–H and O–H groups in total. The van der Waals surface area contributed by atoms with Gasteiger partial charge in [-0.3, -0.25) is 0 Å². The Bertz CT molecular complexity index is 7760. The fourth-order valence-corrected chi connectivity index (χ4v) is 28.5. The summed E-state index contributed by atoms with van der Waals surface area (Å²) in [5.74, 6) is 0. The highest BCUT2D eigenvalue weighted by atomic mass is 14.8. The average Bonchev–Trinajstić information content (AvgIpc) is 1.39. The van der Waals surface area contributed by atoms with Crippen LogP contribution in [-0.2, 0) is 21.7 Å². The van der Waals surface area contributed by atoms with Gasteiger partial charge >= 0.3 is 0 Å². The minimum atomic E-state index is -0.590. The van der Waals surface area contributed by atoms with Gasteiger partial charge in [0.15, 0.2) is 0 Å². The molecule has 26 aromatic rings. The fraction of sp³-hybridized carbons (Fsp3) is 0.0476. The lowest BCUT2D eigenvalue weighted by Gasteiger charge is -2.56. The monoisotopic (exact) mass is 1030 g/mol. The molecule has 84 heavy (non-hydrogen) atoms. The van der Waals surface area contributed by atoms with Gasteiger partial charge in [0.05, 0.1) is 21.7 Å². The third-order valence-corrected chi connectivity index (χ3v) is 28.8. The summed E-state index contributed by atoms with van der Waals surface area (Å²) in [4.78, 5) is 0. The molecule has 0 nitrogen and oxygen atoms in total. The summed E-state index contributed by atoms with van der Waals surface area (Å²) in [5, 5.41) is 70.1. The van der Waals surface area contributed by atoms with Gasteiger partial charge in [-0.2, -0.15) is 0 Å². The molecule has 0 bridgehead atoms. The van der Waals surface area contributed by atoms with E-state index in [9.17, 15) is 0 Å². The fourth-order valence-electron chi connectivity index (χ4n) is 28.5. The van der Waals surface area contributed by atoms with Crippen molar-refractivity contribution in [3.05, 3.63) is 216 Å². The predicted molar refractivity (Wildman–Crippen MR) is 345 cm³/mol. The Morgan fingerprint density at radius 1 is 0.143 bits per heavy atom. The summed E-state index contributed by atoms with van der Waals surface area (Å²) in [5.41, 5.74) is 25.2. The SMILES string of the molecule is c1ccc(C23C4=C5C6=c7c8c9c%10c%11c(c2c2c%12c3c3c%13c%14c%15c%16c%17c%18c(c7c7c8c8c%10c%10c%19c%11c2c2c%11c%12c%13c%12c%13c%14c%17c%14c%17c%18c7c7c8c%10c8c(c2%19)c(c%11%12)c(c%13%14)c8c%177)C%16(c2ccccc2)C6=C4C3%15c2ccccc2)C59c2ccccc2)cc1. The van der Waals surface area contributed by atoms with Crippen molar-refractivity contribution in [2.24, 2.45) is 0 Å². The Morgan fingerprint density at radius 2 is 0.310 bits per heavy atom. The van der Waals surface area contributed by atoms with Gasteiger partial charge < -0.3 is 0 Å². The molecule has 0 radical (unpaired) electrons. The summed E-state index contributed by atoms with van der Waals surface area (Å²) in [6.45, 7) is 0. The molecule has 0 aliphatic heterocycles. The third-order valence-electron chi connectivity index (χ3n) is 28.8. The Hall–Kier alpha value is -10.4. The zero-order valence-electron chi connectivity index (χ0n) is 43.5. The first kappa shape index (κ1) is 33.5. The molecule has 0 aromatic heterocycles. The Labute approximate surface area is 466 Å². The highest BCUT2D eigenvalue weighted by Crippen LogP contribution is 2.89. The van der Waals surface area contributed by atoms with Crippen molar-refractivity contribution in [1.82, 2.24) is 0 Å². The van der Waals surface area contributed by atoms with Gasteiger partial charge in [0.1, 0.15) is 0 Å². The second-order valence-corrected chi connectivity index (χ2v) is 29.5. The van der Waals surface area contributed by atoms with E-state index in [4.69, 9.17) is 0 Å². The van der Waals surface area contributed by atoms with Crippen molar-refractivity contribution >= 4 is 232 Å². The first-order valence-corrected chi connectivity index (χ1v) is 31.1. The molecular formula is C84H20. The van der Waals surface area contributed by atoms with Gasteiger partial charge in [-0.1, -0.05) is 121 Å². The maximum Gasteiger partial charge on any atom is 0.0733 e. The maximum atomic E-state index is 2.63. The molecule has 0 heteroatoms. The van der Waals surface area contributed by atoms with Crippen LogP contribution in [0.2, 0.25) is 0 Å². The number of benzene rings is 19. The molecule has 0 fully saturated rings.